The summed E-state index contributed by atoms with van der Waals surface area (Å²) in [5.41, 5.74) is 0.487. The van der Waals surface area contributed by atoms with E-state index in [2.05, 4.69) is 22.0 Å². The number of piperidine rings is 1. The monoisotopic (exact) mass is 279 g/mol. The largest absolute Gasteiger partial charge is 0.310 e. The molecule has 2 saturated heterocycles. The topological polar surface area (TPSA) is 18.5 Å². The quantitative estimate of drug-likeness (QED) is 0.855. The Hall–Kier alpha value is -0.120. The van der Waals surface area contributed by atoms with Crippen molar-refractivity contribution in [1.82, 2.24) is 15.1 Å². The highest BCUT2D eigenvalue weighted by atomic mass is 15.2. The zero-order chi connectivity index (χ0) is 13.8. The number of nitrogens with one attached hydrogen (secondary N) is 1. The fourth-order valence-corrected chi connectivity index (χ4v) is 4.61. The molecule has 3 heteroatoms. The van der Waals surface area contributed by atoms with E-state index in [-0.39, 0.29) is 0 Å². The summed E-state index contributed by atoms with van der Waals surface area (Å²) >= 11 is 0. The SMILES string of the molecule is CCN1CCC(CN2CCCNC3(CCCC3)C2)CC1. The summed E-state index contributed by atoms with van der Waals surface area (Å²) in [6, 6.07) is 0. The molecule has 0 bridgehead atoms. The standard InChI is InChI=1S/C17H33N3/c1-2-19-12-6-16(7-13-19)14-20-11-5-10-18-17(15-20)8-3-4-9-17/h16,18H,2-15H2,1H3. The lowest BCUT2D eigenvalue weighted by Crippen LogP contribution is -2.50. The predicted molar refractivity (Wildman–Crippen MR) is 85.1 cm³/mol. The Morgan fingerprint density at radius 1 is 1.00 bits per heavy atom. The number of hydrogen-bond acceptors (Lipinski definition) is 3. The van der Waals surface area contributed by atoms with E-state index in [4.69, 9.17) is 0 Å². The first kappa shape index (κ1) is 14.8. The van der Waals surface area contributed by atoms with Gasteiger partial charge in [-0.25, -0.2) is 0 Å². The van der Waals surface area contributed by atoms with Gasteiger partial charge >= 0.3 is 0 Å². The number of rotatable bonds is 3. The molecule has 1 aliphatic carbocycles. The van der Waals surface area contributed by atoms with E-state index < -0.39 is 0 Å². The molecular weight excluding hydrogens is 246 g/mol. The van der Waals surface area contributed by atoms with E-state index in [0.717, 1.165) is 5.92 Å². The van der Waals surface area contributed by atoms with Gasteiger partial charge in [-0.3, -0.25) is 0 Å². The molecule has 3 aliphatic rings. The molecule has 0 aromatic rings. The van der Waals surface area contributed by atoms with E-state index in [9.17, 15) is 0 Å². The first-order valence-corrected chi connectivity index (χ1v) is 8.99. The maximum Gasteiger partial charge on any atom is 0.0308 e. The molecule has 0 aromatic heterocycles. The summed E-state index contributed by atoms with van der Waals surface area (Å²) < 4.78 is 0. The predicted octanol–water partition coefficient (Wildman–Crippen LogP) is 2.33. The highest BCUT2D eigenvalue weighted by Gasteiger charge is 2.36. The van der Waals surface area contributed by atoms with Crippen molar-refractivity contribution in [2.45, 2.75) is 57.4 Å². The van der Waals surface area contributed by atoms with E-state index in [1.54, 1.807) is 0 Å². The van der Waals surface area contributed by atoms with Gasteiger partial charge in [0, 0.05) is 18.6 Å². The highest BCUT2D eigenvalue weighted by Crippen LogP contribution is 2.32. The van der Waals surface area contributed by atoms with Crippen LogP contribution in [-0.2, 0) is 0 Å². The summed E-state index contributed by atoms with van der Waals surface area (Å²) in [4.78, 5) is 5.41. The van der Waals surface area contributed by atoms with Crippen LogP contribution in [0.25, 0.3) is 0 Å². The first-order valence-electron chi connectivity index (χ1n) is 8.99. The molecule has 1 saturated carbocycles. The third-order valence-corrected chi connectivity index (χ3v) is 5.91. The van der Waals surface area contributed by atoms with Crippen LogP contribution in [0.15, 0.2) is 0 Å². The minimum absolute atomic E-state index is 0.487. The fraction of sp³-hybridized carbons (Fsp3) is 1.00. The highest BCUT2D eigenvalue weighted by molar-refractivity contribution is 4.97. The van der Waals surface area contributed by atoms with Gasteiger partial charge < -0.3 is 15.1 Å². The van der Waals surface area contributed by atoms with Crippen molar-refractivity contribution in [3.8, 4) is 0 Å². The first-order chi connectivity index (χ1) is 9.80. The van der Waals surface area contributed by atoms with Crippen molar-refractivity contribution in [1.29, 1.82) is 0 Å². The Morgan fingerprint density at radius 3 is 2.45 bits per heavy atom. The molecule has 0 atom stereocenters. The molecule has 20 heavy (non-hydrogen) atoms. The van der Waals surface area contributed by atoms with Crippen LogP contribution in [0.5, 0.6) is 0 Å². The summed E-state index contributed by atoms with van der Waals surface area (Å²) in [5, 5.41) is 3.89. The normalized spacial score (nSPS) is 29.9. The molecule has 1 spiro atoms. The van der Waals surface area contributed by atoms with Gasteiger partial charge in [0.2, 0.25) is 0 Å². The molecule has 2 heterocycles. The van der Waals surface area contributed by atoms with Gasteiger partial charge in [-0.15, -0.1) is 0 Å². The fourth-order valence-electron chi connectivity index (χ4n) is 4.61. The summed E-state index contributed by atoms with van der Waals surface area (Å²) in [6.45, 7) is 11.4. The van der Waals surface area contributed by atoms with Gasteiger partial charge in [0.15, 0.2) is 0 Å². The lowest BCUT2D eigenvalue weighted by Gasteiger charge is -2.37. The Balaban J connectivity index is 1.51. The van der Waals surface area contributed by atoms with Crippen molar-refractivity contribution < 1.29 is 0 Å². The Kier molecular flexibility index (Phi) is 5.00. The van der Waals surface area contributed by atoms with Crippen molar-refractivity contribution in [2.24, 2.45) is 5.92 Å². The zero-order valence-corrected chi connectivity index (χ0v) is 13.4. The molecule has 3 nitrogen and oxygen atoms in total. The molecule has 3 fully saturated rings. The Labute approximate surface area is 125 Å². The van der Waals surface area contributed by atoms with Gasteiger partial charge in [-0.1, -0.05) is 19.8 Å². The average Bonchev–Trinajstić information content (AvgIpc) is 2.83. The third kappa shape index (κ3) is 3.55. The van der Waals surface area contributed by atoms with E-state index in [0.29, 0.717) is 5.54 Å². The molecule has 0 aromatic carbocycles. The smallest absolute Gasteiger partial charge is 0.0308 e. The van der Waals surface area contributed by atoms with Crippen LogP contribution in [-0.4, -0.2) is 61.2 Å². The van der Waals surface area contributed by atoms with Crippen LogP contribution in [0.1, 0.15) is 51.9 Å². The van der Waals surface area contributed by atoms with Crippen LogP contribution >= 0.6 is 0 Å². The van der Waals surface area contributed by atoms with Crippen LogP contribution in [0, 0.1) is 5.92 Å². The zero-order valence-electron chi connectivity index (χ0n) is 13.4. The maximum atomic E-state index is 3.89. The minimum Gasteiger partial charge on any atom is -0.310 e. The van der Waals surface area contributed by atoms with Gasteiger partial charge in [0.25, 0.3) is 0 Å². The summed E-state index contributed by atoms with van der Waals surface area (Å²) in [6.07, 6.45) is 9.89. The number of nitrogens with zero attached hydrogens (tertiary/aromatic N) is 2. The van der Waals surface area contributed by atoms with Crippen LogP contribution < -0.4 is 5.32 Å². The second-order valence-corrected chi connectivity index (χ2v) is 7.38. The summed E-state index contributed by atoms with van der Waals surface area (Å²) in [7, 11) is 0. The van der Waals surface area contributed by atoms with Gasteiger partial charge in [-0.05, 0) is 70.7 Å². The molecule has 1 N–H and O–H groups in total. The molecule has 0 amide bonds. The lowest BCUT2D eigenvalue weighted by molar-refractivity contribution is 0.133. The molecule has 116 valence electrons. The average molecular weight is 279 g/mol. The van der Waals surface area contributed by atoms with E-state index in [1.807, 2.05) is 0 Å². The number of hydrogen-bond donors (Lipinski definition) is 1. The van der Waals surface area contributed by atoms with Gasteiger partial charge in [-0.2, -0.15) is 0 Å². The van der Waals surface area contributed by atoms with Crippen LogP contribution in [0.2, 0.25) is 0 Å². The number of likely N-dealkylation sites (tertiary alicyclic amines) is 1. The van der Waals surface area contributed by atoms with Crippen molar-refractivity contribution >= 4 is 0 Å². The van der Waals surface area contributed by atoms with Gasteiger partial charge in [0.05, 0.1) is 0 Å². The maximum absolute atomic E-state index is 3.89. The Morgan fingerprint density at radius 2 is 1.75 bits per heavy atom. The van der Waals surface area contributed by atoms with Crippen molar-refractivity contribution in [2.75, 3.05) is 45.8 Å². The van der Waals surface area contributed by atoms with Gasteiger partial charge in [0.1, 0.15) is 0 Å². The molecule has 0 unspecified atom stereocenters. The third-order valence-electron chi connectivity index (χ3n) is 5.91. The second kappa shape index (κ2) is 6.76. The Bertz CT molecular complexity index is 291. The molecule has 0 radical (unpaired) electrons. The van der Waals surface area contributed by atoms with E-state index in [1.165, 1.54) is 90.8 Å². The molecule has 2 aliphatic heterocycles. The summed E-state index contributed by atoms with van der Waals surface area (Å²) in [5.74, 6) is 0.953. The minimum atomic E-state index is 0.487. The van der Waals surface area contributed by atoms with E-state index >= 15 is 0 Å². The van der Waals surface area contributed by atoms with Crippen LogP contribution in [0.3, 0.4) is 0 Å². The van der Waals surface area contributed by atoms with Crippen molar-refractivity contribution in [3.05, 3.63) is 0 Å². The lowest BCUT2D eigenvalue weighted by atomic mass is 9.93. The van der Waals surface area contributed by atoms with Crippen molar-refractivity contribution in [3.63, 3.8) is 0 Å². The molecular formula is C17H33N3. The van der Waals surface area contributed by atoms with Crippen LogP contribution in [0.4, 0.5) is 0 Å². The second-order valence-electron chi connectivity index (χ2n) is 7.38. The molecule has 3 rings (SSSR count).